The van der Waals surface area contributed by atoms with E-state index in [4.69, 9.17) is 0 Å². The number of hydrogen-bond donors (Lipinski definition) is 0. The average Bonchev–Trinajstić information content (AvgIpc) is 2.14. The van der Waals surface area contributed by atoms with Crippen LogP contribution in [0, 0.1) is 11.8 Å². The molecule has 1 saturated heterocycles. The van der Waals surface area contributed by atoms with E-state index in [1.165, 1.54) is 6.42 Å². The molecule has 1 aliphatic rings. The van der Waals surface area contributed by atoms with Gasteiger partial charge in [0.25, 0.3) is 0 Å². The zero-order chi connectivity index (χ0) is 10.7. The Labute approximate surface area is 95.2 Å². The minimum Gasteiger partial charge on any atom is -0.341 e. The number of carbonyl (C=O) groups is 1. The smallest absolute Gasteiger partial charge is 0.236 e. The van der Waals surface area contributed by atoms with Gasteiger partial charge in [0.15, 0.2) is 0 Å². The van der Waals surface area contributed by atoms with Crippen molar-refractivity contribution in [1.29, 1.82) is 0 Å². The van der Waals surface area contributed by atoms with Gasteiger partial charge in [0.05, 0.1) is 4.83 Å². The number of hydrogen-bond acceptors (Lipinski definition) is 1. The van der Waals surface area contributed by atoms with E-state index in [0.717, 1.165) is 19.5 Å². The fraction of sp³-hybridized carbons (Fsp3) is 0.909. The van der Waals surface area contributed by atoms with Gasteiger partial charge in [-0.15, -0.1) is 0 Å². The molecule has 0 bridgehead atoms. The molecule has 0 N–H and O–H groups in total. The summed E-state index contributed by atoms with van der Waals surface area (Å²) in [4.78, 5) is 13.9. The molecule has 0 saturated carbocycles. The van der Waals surface area contributed by atoms with E-state index < -0.39 is 0 Å². The fourth-order valence-electron chi connectivity index (χ4n) is 2.22. The van der Waals surface area contributed by atoms with Gasteiger partial charge >= 0.3 is 0 Å². The molecule has 0 unspecified atom stereocenters. The average molecular weight is 262 g/mol. The summed E-state index contributed by atoms with van der Waals surface area (Å²) < 4.78 is 0. The van der Waals surface area contributed by atoms with Crippen molar-refractivity contribution in [3.8, 4) is 0 Å². The Balaban J connectivity index is 2.54. The Bertz CT molecular complexity index is 197. The van der Waals surface area contributed by atoms with Crippen LogP contribution in [0.15, 0.2) is 0 Å². The summed E-state index contributed by atoms with van der Waals surface area (Å²) >= 11 is 3.43. The number of amides is 1. The maximum absolute atomic E-state index is 11.9. The molecule has 3 atom stereocenters. The number of likely N-dealkylation sites (tertiary alicyclic amines) is 1. The topological polar surface area (TPSA) is 20.3 Å². The van der Waals surface area contributed by atoms with Gasteiger partial charge in [-0.3, -0.25) is 4.79 Å². The Morgan fingerprint density at radius 1 is 1.43 bits per heavy atom. The van der Waals surface area contributed by atoms with Crippen LogP contribution in [0.25, 0.3) is 0 Å². The van der Waals surface area contributed by atoms with E-state index in [1.807, 2.05) is 11.8 Å². The third-order valence-corrected chi connectivity index (χ3v) is 3.85. The normalized spacial score (nSPS) is 30.1. The highest BCUT2D eigenvalue weighted by molar-refractivity contribution is 9.10. The second-order valence-electron chi connectivity index (χ2n) is 4.57. The minimum atomic E-state index is 0.0139. The minimum absolute atomic E-state index is 0.0139. The lowest BCUT2D eigenvalue weighted by Gasteiger charge is -2.36. The van der Waals surface area contributed by atoms with E-state index in [2.05, 4.69) is 29.8 Å². The molecule has 0 aromatic carbocycles. The van der Waals surface area contributed by atoms with Crippen LogP contribution in [0.3, 0.4) is 0 Å². The number of alkyl halides is 1. The van der Waals surface area contributed by atoms with E-state index in [0.29, 0.717) is 11.8 Å². The highest BCUT2D eigenvalue weighted by Crippen LogP contribution is 2.22. The third kappa shape index (κ3) is 2.97. The van der Waals surface area contributed by atoms with Gasteiger partial charge in [0.1, 0.15) is 0 Å². The van der Waals surface area contributed by atoms with Crippen molar-refractivity contribution in [1.82, 2.24) is 4.90 Å². The molecule has 14 heavy (non-hydrogen) atoms. The zero-order valence-electron chi connectivity index (χ0n) is 9.29. The molecule has 1 fully saturated rings. The second-order valence-corrected chi connectivity index (χ2v) is 5.67. The standard InChI is InChI=1S/C11H20BrNO/c1-4-10(12)11(14)13-6-8(2)5-9(3)7-13/h8-10H,4-7H2,1-3H3/t8-,9-,10-/m1/s1. The van der Waals surface area contributed by atoms with Crippen molar-refractivity contribution in [3.05, 3.63) is 0 Å². The van der Waals surface area contributed by atoms with Crippen molar-refractivity contribution in [3.63, 3.8) is 0 Å². The van der Waals surface area contributed by atoms with E-state index in [-0.39, 0.29) is 10.7 Å². The molecule has 1 heterocycles. The summed E-state index contributed by atoms with van der Waals surface area (Å²) in [6.45, 7) is 8.36. The summed E-state index contributed by atoms with van der Waals surface area (Å²) in [7, 11) is 0. The van der Waals surface area contributed by atoms with Gasteiger partial charge in [0.2, 0.25) is 5.91 Å². The third-order valence-electron chi connectivity index (χ3n) is 2.81. The maximum atomic E-state index is 11.9. The number of halogens is 1. The quantitative estimate of drug-likeness (QED) is 0.700. The first-order valence-corrected chi connectivity index (χ1v) is 6.39. The summed E-state index contributed by atoms with van der Waals surface area (Å²) in [5.74, 6) is 1.57. The Kier molecular flexibility index (Phi) is 4.42. The molecule has 0 aliphatic carbocycles. The lowest BCUT2D eigenvalue weighted by molar-refractivity contribution is -0.133. The summed E-state index contributed by atoms with van der Waals surface area (Å²) in [6.07, 6.45) is 2.13. The van der Waals surface area contributed by atoms with Crippen LogP contribution in [0.4, 0.5) is 0 Å². The van der Waals surface area contributed by atoms with Gasteiger partial charge in [-0.1, -0.05) is 36.7 Å². The Morgan fingerprint density at radius 2 is 1.93 bits per heavy atom. The van der Waals surface area contributed by atoms with Crippen LogP contribution in [0.1, 0.15) is 33.6 Å². The summed E-state index contributed by atoms with van der Waals surface area (Å²) in [5.41, 5.74) is 0. The monoisotopic (exact) mass is 261 g/mol. The highest BCUT2D eigenvalue weighted by atomic mass is 79.9. The number of rotatable bonds is 2. The first-order valence-electron chi connectivity index (χ1n) is 5.47. The molecule has 3 heteroatoms. The fourth-order valence-corrected chi connectivity index (χ4v) is 2.51. The van der Waals surface area contributed by atoms with Gasteiger partial charge < -0.3 is 4.90 Å². The molecule has 0 aromatic rings. The molecule has 82 valence electrons. The zero-order valence-corrected chi connectivity index (χ0v) is 10.9. The first-order chi connectivity index (χ1) is 6.54. The van der Waals surface area contributed by atoms with Crippen molar-refractivity contribution < 1.29 is 4.79 Å². The number of carbonyl (C=O) groups excluding carboxylic acids is 1. The molecular formula is C11H20BrNO. The predicted octanol–water partition coefficient (Wildman–Crippen LogP) is 2.66. The maximum Gasteiger partial charge on any atom is 0.236 e. The molecule has 2 nitrogen and oxygen atoms in total. The Morgan fingerprint density at radius 3 is 2.36 bits per heavy atom. The lowest BCUT2D eigenvalue weighted by atomic mass is 9.91. The van der Waals surface area contributed by atoms with Crippen LogP contribution < -0.4 is 0 Å². The van der Waals surface area contributed by atoms with Crippen molar-refractivity contribution >= 4 is 21.8 Å². The molecular weight excluding hydrogens is 242 g/mol. The first kappa shape index (κ1) is 12.0. The van der Waals surface area contributed by atoms with E-state index in [1.54, 1.807) is 0 Å². The van der Waals surface area contributed by atoms with Gasteiger partial charge in [-0.05, 0) is 24.7 Å². The number of nitrogens with zero attached hydrogens (tertiary/aromatic N) is 1. The molecule has 1 amide bonds. The van der Waals surface area contributed by atoms with Crippen LogP contribution in [0.2, 0.25) is 0 Å². The summed E-state index contributed by atoms with van der Waals surface area (Å²) in [5, 5.41) is 0. The van der Waals surface area contributed by atoms with Gasteiger partial charge in [-0.2, -0.15) is 0 Å². The largest absolute Gasteiger partial charge is 0.341 e. The SMILES string of the molecule is CC[C@@H](Br)C(=O)N1C[C@H](C)C[C@@H](C)C1. The van der Waals surface area contributed by atoms with Crippen LogP contribution in [-0.4, -0.2) is 28.7 Å². The van der Waals surface area contributed by atoms with Gasteiger partial charge in [-0.25, -0.2) is 0 Å². The Hall–Kier alpha value is -0.0500. The van der Waals surface area contributed by atoms with Crippen molar-refractivity contribution in [2.45, 2.75) is 38.4 Å². The van der Waals surface area contributed by atoms with E-state index in [9.17, 15) is 4.79 Å². The summed E-state index contributed by atoms with van der Waals surface area (Å²) in [6, 6.07) is 0. The molecule has 0 radical (unpaired) electrons. The van der Waals surface area contributed by atoms with Crippen LogP contribution in [-0.2, 0) is 4.79 Å². The van der Waals surface area contributed by atoms with Gasteiger partial charge in [0, 0.05) is 13.1 Å². The van der Waals surface area contributed by atoms with Crippen LogP contribution in [0.5, 0.6) is 0 Å². The molecule has 1 aliphatic heterocycles. The predicted molar refractivity (Wildman–Crippen MR) is 62.5 cm³/mol. The van der Waals surface area contributed by atoms with Crippen LogP contribution >= 0.6 is 15.9 Å². The number of piperidine rings is 1. The lowest BCUT2D eigenvalue weighted by Crippen LogP contribution is -2.45. The van der Waals surface area contributed by atoms with Crippen molar-refractivity contribution in [2.75, 3.05) is 13.1 Å². The molecule has 1 rings (SSSR count). The second kappa shape index (κ2) is 5.15. The molecule has 0 spiro atoms. The highest BCUT2D eigenvalue weighted by Gasteiger charge is 2.27. The molecule has 0 aromatic heterocycles. The van der Waals surface area contributed by atoms with Crippen molar-refractivity contribution in [2.24, 2.45) is 11.8 Å². The van der Waals surface area contributed by atoms with E-state index >= 15 is 0 Å².